The number of anilines is 1. The van der Waals surface area contributed by atoms with Crippen LogP contribution in [-0.4, -0.2) is 40.4 Å². The summed E-state index contributed by atoms with van der Waals surface area (Å²) in [7, 11) is 0. The van der Waals surface area contributed by atoms with Crippen molar-refractivity contribution in [3.63, 3.8) is 0 Å². The Morgan fingerprint density at radius 1 is 1.56 bits per heavy atom. The van der Waals surface area contributed by atoms with E-state index in [-0.39, 0.29) is 0 Å². The molecule has 1 heterocycles. The molecule has 1 aromatic heterocycles. The van der Waals surface area contributed by atoms with Gasteiger partial charge in [-0.1, -0.05) is 36.4 Å². The van der Waals surface area contributed by atoms with Gasteiger partial charge in [0.1, 0.15) is 0 Å². The van der Waals surface area contributed by atoms with Crippen molar-refractivity contribution in [2.75, 3.05) is 24.7 Å². The normalized spacial score (nSPS) is 12.9. The van der Waals surface area contributed by atoms with Crippen LogP contribution < -0.4 is 5.73 Å². The number of rotatable bonds is 8. The van der Waals surface area contributed by atoms with E-state index in [1.54, 1.807) is 0 Å². The maximum atomic E-state index is 9.60. The van der Waals surface area contributed by atoms with Gasteiger partial charge in [-0.2, -0.15) is 0 Å². The highest BCUT2D eigenvalue weighted by molar-refractivity contribution is 8.01. The lowest BCUT2D eigenvalue weighted by Crippen LogP contribution is -2.18. The van der Waals surface area contributed by atoms with Gasteiger partial charge in [-0.3, -0.25) is 0 Å². The van der Waals surface area contributed by atoms with Crippen molar-refractivity contribution >= 4 is 28.2 Å². The zero-order chi connectivity index (χ0) is 11.8. The fraction of sp³-hybridized carbons (Fsp3) is 0.778. The Kier molecular flexibility index (Phi) is 6.70. The maximum absolute atomic E-state index is 9.60. The lowest BCUT2D eigenvalue weighted by atomic mass is 10.3. The number of aliphatic hydroxyl groups excluding tert-OH is 1. The largest absolute Gasteiger partial charge is 0.390 e. The van der Waals surface area contributed by atoms with Crippen molar-refractivity contribution in [3.05, 3.63) is 0 Å². The van der Waals surface area contributed by atoms with Crippen LogP contribution in [0.5, 0.6) is 0 Å². The van der Waals surface area contributed by atoms with Gasteiger partial charge in [0.2, 0.25) is 5.13 Å². The Labute approximate surface area is 103 Å². The average Bonchev–Trinajstić information content (AvgIpc) is 2.68. The fourth-order valence-corrected chi connectivity index (χ4v) is 2.53. The van der Waals surface area contributed by atoms with Gasteiger partial charge in [-0.05, 0) is 6.42 Å². The Hall–Kier alpha value is -0.370. The second kappa shape index (κ2) is 7.83. The van der Waals surface area contributed by atoms with Crippen molar-refractivity contribution < 1.29 is 9.84 Å². The molecule has 92 valence electrons. The molecule has 1 unspecified atom stereocenters. The number of aromatic nitrogens is 2. The minimum atomic E-state index is -0.466. The number of thioether (sulfide) groups is 1. The number of nitrogen functional groups attached to an aromatic ring is 1. The third-order valence-corrected chi connectivity index (χ3v) is 3.80. The summed E-state index contributed by atoms with van der Waals surface area (Å²) in [6.45, 7) is 3.20. The van der Waals surface area contributed by atoms with E-state index in [0.29, 0.717) is 24.1 Å². The summed E-state index contributed by atoms with van der Waals surface area (Å²) >= 11 is 2.78. The van der Waals surface area contributed by atoms with E-state index in [1.807, 2.05) is 0 Å². The number of unbranched alkanes of at least 4 members (excludes halogenated alkanes) is 1. The van der Waals surface area contributed by atoms with E-state index in [4.69, 9.17) is 10.5 Å². The number of hydrogen-bond donors (Lipinski definition) is 2. The summed E-state index contributed by atoms with van der Waals surface area (Å²) in [6.07, 6.45) is 1.67. The van der Waals surface area contributed by atoms with Crippen LogP contribution in [0.1, 0.15) is 19.8 Å². The molecule has 0 aliphatic carbocycles. The molecule has 0 saturated heterocycles. The van der Waals surface area contributed by atoms with E-state index in [1.165, 1.54) is 23.1 Å². The van der Waals surface area contributed by atoms with Crippen LogP contribution in [0, 0.1) is 0 Å². The van der Waals surface area contributed by atoms with E-state index < -0.39 is 6.10 Å². The van der Waals surface area contributed by atoms with Crippen molar-refractivity contribution in [2.24, 2.45) is 0 Å². The summed E-state index contributed by atoms with van der Waals surface area (Å²) < 4.78 is 6.09. The van der Waals surface area contributed by atoms with Crippen LogP contribution >= 0.6 is 23.1 Å². The first-order valence-electron chi connectivity index (χ1n) is 5.20. The molecule has 0 aliphatic heterocycles. The van der Waals surface area contributed by atoms with E-state index in [0.717, 1.165) is 17.2 Å². The van der Waals surface area contributed by atoms with Gasteiger partial charge in [0.05, 0.1) is 12.7 Å². The molecule has 0 bridgehead atoms. The molecule has 0 saturated carbocycles. The standard InChI is InChI=1S/C9H17N3O2S2/c1-2-3-4-14-5-7(13)6-15-9-12-11-8(10)16-9/h7,13H,2-6H2,1H3,(H2,10,11). The topological polar surface area (TPSA) is 81.3 Å². The third kappa shape index (κ3) is 5.64. The van der Waals surface area contributed by atoms with Crippen molar-refractivity contribution in [1.29, 1.82) is 0 Å². The molecule has 1 aromatic rings. The number of hydrogen-bond acceptors (Lipinski definition) is 7. The molecule has 0 aromatic carbocycles. The molecule has 3 N–H and O–H groups in total. The van der Waals surface area contributed by atoms with Gasteiger partial charge in [0.15, 0.2) is 4.34 Å². The van der Waals surface area contributed by atoms with E-state index >= 15 is 0 Å². The molecule has 5 nitrogen and oxygen atoms in total. The second-order valence-electron chi connectivity index (χ2n) is 3.30. The first-order chi connectivity index (χ1) is 7.72. The molecule has 1 rings (SSSR count). The number of ether oxygens (including phenoxy) is 1. The van der Waals surface area contributed by atoms with Gasteiger partial charge < -0.3 is 15.6 Å². The van der Waals surface area contributed by atoms with Crippen LogP contribution in [0.15, 0.2) is 4.34 Å². The summed E-state index contributed by atoms with van der Waals surface area (Å²) in [5.41, 5.74) is 5.44. The van der Waals surface area contributed by atoms with Gasteiger partial charge in [-0.15, -0.1) is 10.2 Å². The molecule has 0 aliphatic rings. The monoisotopic (exact) mass is 263 g/mol. The predicted molar refractivity (Wildman–Crippen MR) is 66.8 cm³/mol. The predicted octanol–water partition coefficient (Wildman–Crippen LogP) is 1.39. The Morgan fingerprint density at radius 2 is 2.38 bits per heavy atom. The lowest BCUT2D eigenvalue weighted by molar-refractivity contribution is 0.0473. The van der Waals surface area contributed by atoms with Crippen LogP contribution in [0.25, 0.3) is 0 Å². The smallest absolute Gasteiger partial charge is 0.203 e. The molecule has 0 spiro atoms. The van der Waals surface area contributed by atoms with Gasteiger partial charge in [-0.25, -0.2) is 0 Å². The van der Waals surface area contributed by atoms with E-state index in [2.05, 4.69) is 17.1 Å². The van der Waals surface area contributed by atoms with Crippen LogP contribution in [0.3, 0.4) is 0 Å². The molecule has 0 amide bonds. The summed E-state index contributed by atoms with van der Waals surface area (Å²) in [4.78, 5) is 0. The highest BCUT2D eigenvalue weighted by atomic mass is 32.2. The summed E-state index contributed by atoms with van der Waals surface area (Å²) in [6, 6.07) is 0. The minimum absolute atomic E-state index is 0.376. The Balaban J connectivity index is 2.08. The van der Waals surface area contributed by atoms with Crippen molar-refractivity contribution in [3.8, 4) is 0 Å². The van der Waals surface area contributed by atoms with Crippen LogP contribution in [-0.2, 0) is 4.74 Å². The molecular weight excluding hydrogens is 246 g/mol. The molecule has 7 heteroatoms. The van der Waals surface area contributed by atoms with Crippen molar-refractivity contribution in [2.45, 2.75) is 30.2 Å². The fourth-order valence-electron chi connectivity index (χ4n) is 0.960. The molecule has 1 atom stereocenters. The number of nitrogens with zero attached hydrogens (tertiary/aromatic N) is 2. The number of nitrogens with two attached hydrogens (primary N) is 1. The molecular formula is C9H17N3O2S2. The maximum Gasteiger partial charge on any atom is 0.203 e. The summed E-state index contributed by atoms with van der Waals surface area (Å²) in [5.74, 6) is 0.556. The van der Waals surface area contributed by atoms with Crippen LogP contribution in [0.4, 0.5) is 5.13 Å². The molecule has 0 radical (unpaired) electrons. The minimum Gasteiger partial charge on any atom is -0.390 e. The zero-order valence-electron chi connectivity index (χ0n) is 9.26. The Bertz CT molecular complexity index is 296. The summed E-state index contributed by atoms with van der Waals surface area (Å²) in [5, 5.41) is 17.6. The lowest BCUT2D eigenvalue weighted by Gasteiger charge is -2.09. The zero-order valence-corrected chi connectivity index (χ0v) is 10.9. The van der Waals surface area contributed by atoms with E-state index in [9.17, 15) is 5.11 Å². The molecule has 0 fully saturated rings. The van der Waals surface area contributed by atoms with Gasteiger partial charge in [0.25, 0.3) is 0 Å². The van der Waals surface area contributed by atoms with Gasteiger partial charge in [0, 0.05) is 12.4 Å². The first-order valence-corrected chi connectivity index (χ1v) is 7.00. The quantitative estimate of drug-likeness (QED) is 0.545. The average molecular weight is 263 g/mol. The highest BCUT2D eigenvalue weighted by Gasteiger charge is 2.08. The second-order valence-corrected chi connectivity index (χ2v) is 5.58. The van der Waals surface area contributed by atoms with Crippen molar-refractivity contribution in [1.82, 2.24) is 10.2 Å². The Morgan fingerprint density at radius 3 is 3.00 bits per heavy atom. The van der Waals surface area contributed by atoms with Crippen LogP contribution in [0.2, 0.25) is 0 Å². The SMILES string of the molecule is CCCCOCC(O)CSc1nnc(N)s1. The van der Waals surface area contributed by atoms with Gasteiger partial charge >= 0.3 is 0 Å². The highest BCUT2D eigenvalue weighted by Crippen LogP contribution is 2.23. The third-order valence-electron chi connectivity index (χ3n) is 1.77. The number of aliphatic hydroxyl groups is 1. The first kappa shape index (κ1) is 13.7. The molecule has 16 heavy (non-hydrogen) atoms.